The maximum atomic E-state index is 12.7. The minimum atomic E-state index is -4.35. The SMILES string of the molecule is CCCC/C=C/CC/C=C/CC/C=C/C(O)C(COP(=O)(O)OCCN)NC(=O)CCCCCCCCCCCCC/C=C\CCCCCCCCCC. The number of phosphoric acid groups is 1. The van der Waals surface area contributed by atoms with Crippen molar-refractivity contribution in [3.8, 4) is 0 Å². The summed E-state index contributed by atoms with van der Waals surface area (Å²) in [6.45, 7) is 4.05. The van der Waals surface area contributed by atoms with Crippen molar-refractivity contribution in [1.29, 1.82) is 0 Å². The summed E-state index contributed by atoms with van der Waals surface area (Å²) in [5.74, 6) is -0.211. The molecule has 0 heterocycles. The molecule has 0 rings (SSSR count). The van der Waals surface area contributed by atoms with Crippen LogP contribution < -0.4 is 11.1 Å². The Kier molecular flexibility index (Phi) is 39.9. The molecule has 0 saturated carbocycles. The molecule has 3 atom stereocenters. The molecule has 0 aromatic heterocycles. The van der Waals surface area contributed by atoms with Crippen LogP contribution in [0.1, 0.15) is 200 Å². The van der Waals surface area contributed by atoms with Gasteiger partial charge in [0.15, 0.2) is 0 Å². The van der Waals surface area contributed by atoms with E-state index in [1.54, 1.807) is 6.08 Å². The normalized spacial score (nSPS) is 14.5. The largest absolute Gasteiger partial charge is 0.472 e. The predicted octanol–water partition coefficient (Wildman–Crippen LogP) is 12.5. The Morgan fingerprint density at radius 1 is 0.593 bits per heavy atom. The van der Waals surface area contributed by atoms with Crippen molar-refractivity contribution >= 4 is 13.7 Å². The van der Waals surface area contributed by atoms with Gasteiger partial charge in [0.25, 0.3) is 0 Å². The van der Waals surface area contributed by atoms with E-state index in [2.05, 4.69) is 55.6 Å². The summed E-state index contributed by atoms with van der Waals surface area (Å²) in [6.07, 6.45) is 50.3. The van der Waals surface area contributed by atoms with E-state index in [-0.39, 0.29) is 25.7 Å². The molecular weight excluding hydrogens is 695 g/mol. The number of aliphatic hydroxyl groups excluding tert-OH is 1. The smallest absolute Gasteiger partial charge is 0.387 e. The molecular formula is C45H85N2O6P. The summed E-state index contributed by atoms with van der Waals surface area (Å²) in [7, 11) is -4.35. The summed E-state index contributed by atoms with van der Waals surface area (Å²) >= 11 is 0. The van der Waals surface area contributed by atoms with Gasteiger partial charge in [-0.2, -0.15) is 0 Å². The van der Waals surface area contributed by atoms with Crippen molar-refractivity contribution in [2.24, 2.45) is 5.73 Å². The summed E-state index contributed by atoms with van der Waals surface area (Å²) in [5.41, 5.74) is 5.36. The van der Waals surface area contributed by atoms with Crippen LogP contribution in [0.5, 0.6) is 0 Å². The lowest BCUT2D eigenvalue weighted by Gasteiger charge is -2.23. The van der Waals surface area contributed by atoms with E-state index in [4.69, 9.17) is 14.8 Å². The second kappa shape index (κ2) is 41.1. The molecule has 0 aliphatic heterocycles. The standard InChI is InChI=1S/C45H85N2O6P/c1-3-5-7-9-11-13-15-17-18-19-20-21-22-23-24-25-26-27-29-31-33-35-37-39-45(49)47-43(42-53-54(50,51)52-41-40-46)44(48)38-36-34-32-30-28-16-14-12-10-8-6-4-2/h10,12,19-20,28,30,36,38,43-44,48H,3-9,11,13-18,21-27,29,31-35,37,39-42,46H2,1-2H3,(H,47,49)(H,50,51)/b12-10+,20-19-,30-28+,38-36+. The molecule has 5 N–H and O–H groups in total. The first kappa shape index (κ1) is 52.5. The van der Waals surface area contributed by atoms with Gasteiger partial charge < -0.3 is 21.1 Å². The van der Waals surface area contributed by atoms with Crippen molar-refractivity contribution in [2.75, 3.05) is 19.8 Å². The van der Waals surface area contributed by atoms with E-state index in [0.717, 1.165) is 51.4 Å². The van der Waals surface area contributed by atoms with Gasteiger partial charge in [-0.05, 0) is 64.2 Å². The molecule has 0 bridgehead atoms. The summed E-state index contributed by atoms with van der Waals surface area (Å²) in [5, 5.41) is 13.6. The van der Waals surface area contributed by atoms with Gasteiger partial charge in [-0.3, -0.25) is 13.8 Å². The van der Waals surface area contributed by atoms with E-state index in [9.17, 15) is 19.4 Å². The fraction of sp³-hybridized carbons (Fsp3) is 0.800. The van der Waals surface area contributed by atoms with E-state index in [0.29, 0.717) is 6.42 Å². The topological polar surface area (TPSA) is 131 Å². The first-order valence-corrected chi connectivity index (χ1v) is 23.8. The monoisotopic (exact) mass is 781 g/mol. The fourth-order valence-electron chi connectivity index (χ4n) is 6.20. The van der Waals surface area contributed by atoms with Gasteiger partial charge in [-0.1, -0.05) is 178 Å². The van der Waals surface area contributed by atoms with E-state index in [1.165, 1.54) is 128 Å². The van der Waals surface area contributed by atoms with Crippen LogP contribution in [0.15, 0.2) is 48.6 Å². The van der Waals surface area contributed by atoms with Crippen LogP contribution in [0, 0.1) is 0 Å². The number of rotatable bonds is 41. The molecule has 0 radical (unpaired) electrons. The third kappa shape index (κ3) is 38.7. The third-order valence-electron chi connectivity index (χ3n) is 9.60. The van der Waals surface area contributed by atoms with Crippen molar-refractivity contribution in [3.05, 3.63) is 48.6 Å². The third-order valence-corrected chi connectivity index (χ3v) is 10.6. The molecule has 8 nitrogen and oxygen atoms in total. The van der Waals surface area contributed by atoms with Gasteiger partial charge in [-0.25, -0.2) is 4.57 Å². The van der Waals surface area contributed by atoms with Crippen LogP contribution in [0.25, 0.3) is 0 Å². The highest BCUT2D eigenvalue weighted by atomic mass is 31.2. The Morgan fingerprint density at radius 3 is 1.48 bits per heavy atom. The molecule has 0 spiro atoms. The number of nitrogens with two attached hydrogens (primary N) is 1. The van der Waals surface area contributed by atoms with E-state index < -0.39 is 20.0 Å². The van der Waals surface area contributed by atoms with Gasteiger partial charge in [0.05, 0.1) is 25.4 Å². The van der Waals surface area contributed by atoms with Gasteiger partial charge in [0.1, 0.15) is 0 Å². The Balaban J connectivity index is 4.13. The van der Waals surface area contributed by atoms with Crippen molar-refractivity contribution < 1.29 is 28.4 Å². The van der Waals surface area contributed by atoms with E-state index in [1.807, 2.05) is 6.08 Å². The van der Waals surface area contributed by atoms with Crippen molar-refractivity contribution in [3.63, 3.8) is 0 Å². The summed E-state index contributed by atoms with van der Waals surface area (Å²) in [6, 6.07) is -0.883. The van der Waals surface area contributed by atoms with E-state index >= 15 is 0 Å². The maximum Gasteiger partial charge on any atom is 0.472 e. The zero-order valence-electron chi connectivity index (χ0n) is 35.0. The zero-order valence-corrected chi connectivity index (χ0v) is 35.8. The molecule has 9 heteroatoms. The van der Waals surface area contributed by atoms with Crippen molar-refractivity contribution in [2.45, 2.75) is 212 Å². The highest BCUT2D eigenvalue weighted by Crippen LogP contribution is 2.43. The van der Waals surface area contributed by atoms with Crippen LogP contribution in [0.4, 0.5) is 0 Å². The van der Waals surface area contributed by atoms with Crippen LogP contribution >= 0.6 is 7.82 Å². The Morgan fingerprint density at radius 2 is 1.00 bits per heavy atom. The van der Waals surface area contributed by atoms with Crippen molar-refractivity contribution in [1.82, 2.24) is 5.32 Å². The van der Waals surface area contributed by atoms with Gasteiger partial charge in [0.2, 0.25) is 5.91 Å². The second-order valence-electron chi connectivity index (χ2n) is 14.9. The first-order valence-electron chi connectivity index (χ1n) is 22.3. The van der Waals surface area contributed by atoms with Crippen LogP contribution in [0.3, 0.4) is 0 Å². The highest BCUT2D eigenvalue weighted by Gasteiger charge is 2.26. The lowest BCUT2D eigenvalue weighted by atomic mass is 10.0. The summed E-state index contributed by atoms with van der Waals surface area (Å²) < 4.78 is 22.1. The first-order chi connectivity index (χ1) is 26.4. The minimum Gasteiger partial charge on any atom is -0.387 e. The summed E-state index contributed by atoms with van der Waals surface area (Å²) in [4.78, 5) is 22.7. The molecule has 0 aliphatic rings. The van der Waals surface area contributed by atoms with Crippen LogP contribution in [-0.4, -0.2) is 47.8 Å². The van der Waals surface area contributed by atoms with Gasteiger partial charge >= 0.3 is 7.82 Å². The Hall–Kier alpha value is -1.54. The number of carbonyl (C=O) groups is 1. The fourth-order valence-corrected chi connectivity index (χ4v) is 6.96. The van der Waals surface area contributed by atoms with Crippen LogP contribution in [0.2, 0.25) is 0 Å². The Labute approximate surface area is 332 Å². The second-order valence-corrected chi connectivity index (χ2v) is 16.3. The Bertz CT molecular complexity index is 985. The average Bonchev–Trinajstić information content (AvgIpc) is 3.16. The number of nitrogens with one attached hydrogen (secondary N) is 1. The number of amides is 1. The maximum absolute atomic E-state index is 12.7. The molecule has 0 aromatic rings. The molecule has 3 unspecified atom stereocenters. The number of allylic oxidation sites excluding steroid dienone is 7. The predicted molar refractivity (Wildman–Crippen MR) is 231 cm³/mol. The molecule has 54 heavy (non-hydrogen) atoms. The highest BCUT2D eigenvalue weighted by molar-refractivity contribution is 7.47. The average molecular weight is 781 g/mol. The number of hydrogen-bond acceptors (Lipinski definition) is 6. The zero-order chi connectivity index (χ0) is 39.6. The number of phosphoric ester groups is 1. The molecule has 0 aromatic carbocycles. The number of carbonyl (C=O) groups excluding carboxylic acids is 1. The lowest BCUT2D eigenvalue weighted by molar-refractivity contribution is -0.123. The molecule has 0 fully saturated rings. The van der Waals surface area contributed by atoms with Crippen LogP contribution in [-0.2, 0) is 18.4 Å². The van der Waals surface area contributed by atoms with Gasteiger partial charge in [-0.15, -0.1) is 0 Å². The lowest BCUT2D eigenvalue weighted by Crippen LogP contribution is -2.45. The van der Waals surface area contributed by atoms with Gasteiger partial charge in [0, 0.05) is 13.0 Å². The molecule has 0 saturated heterocycles. The minimum absolute atomic E-state index is 0.0707. The number of unbranched alkanes of at least 4 members (excludes halogenated alkanes) is 23. The quantitative estimate of drug-likeness (QED) is 0.0276. The number of aliphatic hydroxyl groups is 1. The number of hydrogen-bond donors (Lipinski definition) is 4. The molecule has 1 amide bonds. The molecule has 0 aliphatic carbocycles. The molecule has 316 valence electrons.